The van der Waals surface area contributed by atoms with Crippen molar-refractivity contribution in [2.24, 2.45) is 5.92 Å². The first-order chi connectivity index (χ1) is 12.6. The zero-order valence-corrected chi connectivity index (χ0v) is 15.1. The van der Waals surface area contributed by atoms with Crippen LogP contribution < -0.4 is 5.69 Å². The highest BCUT2D eigenvalue weighted by molar-refractivity contribution is 5.81. The van der Waals surface area contributed by atoms with Crippen LogP contribution in [0.15, 0.2) is 29.1 Å². The molecule has 6 nitrogen and oxygen atoms in total. The van der Waals surface area contributed by atoms with Gasteiger partial charge in [-0.3, -0.25) is 9.36 Å². The Morgan fingerprint density at radius 3 is 2.73 bits per heavy atom. The second-order valence-electron chi connectivity index (χ2n) is 8.00. The molecule has 1 saturated carbocycles. The number of hydrogen-bond acceptors (Lipinski definition) is 3. The SMILES string of the molecule is Cc1ccc(Cn2nc3n(c2=O)C(C(=O)N2CC[C@H]4C[C@H]42)CCC3)cc1. The minimum absolute atomic E-state index is 0.132. The summed E-state index contributed by atoms with van der Waals surface area (Å²) < 4.78 is 3.20. The number of amides is 1. The largest absolute Gasteiger partial charge is 0.346 e. The summed E-state index contributed by atoms with van der Waals surface area (Å²) in [6.07, 6.45) is 4.70. The summed E-state index contributed by atoms with van der Waals surface area (Å²) in [4.78, 5) is 28.1. The Hall–Kier alpha value is -2.37. The maximum absolute atomic E-state index is 13.1. The van der Waals surface area contributed by atoms with Crippen molar-refractivity contribution in [3.05, 3.63) is 51.7 Å². The van der Waals surface area contributed by atoms with Crippen LogP contribution in [0.4, 0.5) is 0 Å². The van der Waals surface area contributed by atoms with Gasteiger partial charge in [0.2, 0.25) is 5.91 Å². The van der Waals surface area contributed by atoms with E-state index in [2.05, 4.69) is 5.10 Å². The molecule has 0 N–H and O–H groups in total. The van der Waals surface area contributed by atoms with Gasteiger partial charge in [-0.2, -0.15) is 5.10 Å². The summed E-state index contributed by atoms with van der Waals surface area (Å²) in [6.45, 7) is 3.35. The van der Waals surface area contributed by atoms with E-state index in [1.54, 1.807) is 4.57 Å². The molecule has 3 atom stereocenters. The fraction of sp³-hybridized carbons (Fsp3) is 0.550. The van der Waals surface area contributed by atoms with E-state index in [4.69, 9.17) is 0 Å². The summed E-state index contributed by atoms with van der Waals surface area (Å²) in [6, 6.07) is 8.22. The van der Waals surface area contributed by atoms with Gasteiger partial charge in [0, 0.05) is 19.0 Å². The number of nitrogens with zero attached hydrogens (tertiary/aromatic N) is 4. The van der Waals surface area contributed by atoms with Gasteiger partial charge in [-0.1, -0.05) is 29.8 Å². The van der Waals surface area contributed by atoms with Crippen molar-refractivity contribution in [1.82, 2.24) is 19.2 Å². The van der Waals surface area contributed by atoms with Crippen molar-refractivity contribution < 1.29 is 4.79 Å². The summed E-state index contributed by atoms with van der Waals surface area (Å²) in [7, 11) is 0. The Kier molecular flexibility index (Phi) is 3.55. The monoisotopic (exact) mass is 352 g/mol. The number of fused-ring (bicyclic) bond motifs is 2. The molecule has 1 aromatic heterocycles. The molecule has 3 heterocycles. The lowest BCUT2D eigenvalue weighted by Crippen LogP contribution is -2.42. The van der Waals surface area contributed by atoms with Gasteiger partial charge in [0.15, 0.2) is 0 Å². The molecule has 1 saturated heterocycles. The lowest BCUT2D eigenvalue weighted by molar-refractivity contribution is -0.135. The van der Waals surface area contributed by atoms with E-state index >= 15 is 0 Å². The van der Waals surface area contributed by atoms with Crippen molar-refractivity contribution in [3.63, 3.8) is 0 Å². The summed E-state index contributed by atoms with van der Waals surface area (Å²) in [5, 5.41) is 4.55. The molecule has 3 aliphatic rings. The lowest BCUT2D eigenvalue weighted by atomic mass is 10.0. The van der Waals surface area contributed by atoms with Crippen LogP contribution in [0, 0.1) is 12.8 Å². The first-order valence-electron chi connectivity index (χ1n) is 9.66. The molecule has 2 fully saturated rings. The third-order valence-corrected chi connectivity index (χ3v) is 6.18. The molecule has 2 aromatic rings. The van der Waals surface area contributed by atoms with Gasteiger partial charge >= 0.3 is 5.69 Å². The first-order valence-corrected chi connectivity index (χ1v) is 9.66. The van der Waals surface area contributed by atoms with Gasteiger partial charge in [-0.25, -0.2) is 9.48 Å². The number of aryl methyl sites for hydroxylation is 2. The Balaban J connectivity index is 1.44. The van der Waals surface area contributed by atoms with Crippen molar-refractivity contribution in [2.75, 3.05) is 6.54 Å². The van der Waals surface area contributed by atoms with Crippen LogP contribution >= 0.6 is 0 Å². The molecule has 136 valence electrons. The average molecular weight is 352 g/mol. The van der Waals surface area contributed by atoms with Gasteiger partial charge in [-0.05, 0) is 44.1 Å². The fourth-order valence-electron chi connectivity index (χ4n) is 4.59. The summed E-state index contributed by atoms with van der Waals surface area (Å²) >= 11 is 0. The Labute approximate surface area is 152 Å². The highest BCUT2D eigenvalue weighted by atomic mass is 16.2. The maximum Gasteiger partial charge on any atom is 0.346 e. The zero-order valence-electron chi connectivity index (χ0n) is 15.1. The molecular weight excluding hydrogens is 328 g/mol. The van der Waals surface area contributed by atoms with Gasteiger partial charge in [-0.15, -0.1) is 0 Å². The van der Waals surface area contributed by atoms with Gasteiger partial charge in [0.05, 0.1) is 6.54 Å². The Bertz CT molecular complexity index is 911. The quantitative estimate of drug-likeness (QED) is 0.848. The number of benzene rings is 1. The van der Waals surface area contributed by atoms with Crippen LogP contribution in [0.3, 0.4) is 0 Å². The minimum atomic E-state index is -0.364. The van der Waals surface area contributed by atoms with Crippen molar-refractivity contribution in [3.8, 4) is 0 Å². The van der Waals surface area contributed by atoms with Crippen molar-refractivity contribution in [1.29, 1.82) is 0 Å². The molecule has 26 heavy (non-hydrogen) atoms. The Morgan fingerprint density at radius 1 is 1.23 bits per heavy atom. The molecule has 6 heteroatoms. The second-order valence-corrected chi connectivity index (χ2v) is 8.00. The molecule has 1 unspecified atom stereocenters. The first kappa shape index (κ1) is 15.9. The number of carbonyl (C=O) groups excluding carboxylic acids is 1. The molecule has 5 rings (SSSR count). The molecule has 2 aliphatic heterocycles. The van der Waals surface area contributed by atoms with Crippen LogP contribution in [0.5, 0.6) is 0 Å². The van der Waals surface area contributed by atoms with Crippen LogP contribution in [-0.2, 0) is 17.8 Å². The topological polar surface area (TPSA) is 60.1 Å². The summed E-state index contributed by atoms with van der Waals surface area (Å²) in [5.74, 6) is 1.61. The van der Waals surface area contributed by atoms with E-state index in [1.165, 1.54) is 10.2 Å². The highest BCUT2D eigenvalue weighted by Crippen LogP contribution is 2.45. The molecule has 0 spiro atoms. The summed E-state index contributed by atoms with van der Waals surface area (Å²) in [5.41, 5.74) is 2.10. The molecule has 1 aliphatic carbocycles. The molecular formula is C20H24N4O2. The normalized spacial score (nSPS) is 26.5. The number of aromatic nitrogens is 3. The molecule has 0 radical (unpaired) electrons. The predicted molar refractivity (Wildman–Crippen MR) is 97.0 cm³/mol. The van der Waals surface area contributed by atoms with E-state index < -0.39 is 0 Å². The van der Waals surface area contributed by atoms with Crippen LogP contribution in [0.25, 0.3) is 0 Å². The second kappa shape index (κ2) is 5.83. The van der Waals surface area contributed by atoms with E-state index in [1.807, 2.05) is 36.1 Å². The van der Waals surface area contributed by atoms with E-state index in [0.717, 1.165) is 50.0 Å². The number of rotatable bonds is 3. The Morgan fingerprint density at radius 2 is 2.04 bits per heavy atom. The smallest absolute Gasteiger partial charge is 0.338 e. The van der Waals surface area contributed by atoms with Gasteiger partial charge in [0.1, 0.15) is 11.9 Å². The van der Waals surface area contributed by atoms with Gasteiger partial charge < -0.3 is 4.90 Å². The number of carbonyl (C=O) groups is 1. The van der Waals surface area contributed by atoms with Crippen LogP contribution in [0.2, 0.25) is 0 Å². The van der Waals surface area contributed by atoms with Gasteiger partial charge in [0.25, 0.3) is 0 Å². The van der Waals surface area contributed by atoms with Crippen molar-refractivity contribution in [2.45, 2.75) is 57.7 Å². The van der Waals surface area contributed by atoms with Crippen molar-refractivity contribution >= 4 is 5.91 Å². The van der Waals surface area contributed by atoms with E-state index in [0.29, 0.717) is 18.5 Å². The average Bonchev–Trinajstić information content (AvgIpc) is 3.19. The third kappa shape index (κ3) is 2.50. The fourth-order valence-corrected chi connectivity index (χ4v) is 4.59. The van der Waals surface area contributed by atoms with Crippen LogP contribution in [-0.4, -0.2) is 37.7 Å². The molecule has 1 aromatic carbocycles. The maximum atomic E-state index is 13.1. The van der Waals surface area contributed by atoms with E-state index in [-0.39, 0.29) is 17.6 Å². The van der Waals surface area contributed by atoms with E-state index in [9.17, 15) is 9.59 Å². The number of likely N-dealkylation sites (tertiary alicyclic amines) is 1. The van der Waals surface area contributed by atoms with Crippen LogP contribution in [0.1, 0.15) is 48.7 Å². The number of piperidine rings is 1. The minimum Gasteiger partial charge on any atom is -0.338 e. The predicted octanol–water partition coefficient (Wildman–Crippen LogP) is 1.90. The standard InChI is InChI=1S/C20H24N4O2/c1-13-5-7-14(8-6-13)12-23-20(26)24-16(3-2-4-18(24)21-23)19(25)22-10-9-15-11-17(15)22/h5-8,15-17H,2-4,9-12H2,1H3/t15-,16?,17+/m0/s1. The number of hydrogen-bond donors (Lipinski definition) is 0. The zero-order chi connectivity index (χ0) is 17.8. The third-order valence-electron chi connectivity index (χ3n) is 6.18. The molecule has 0 bridgehead atoms. The molecule has 1 amide bonds. The highest BCUT2D eigenvalue weighted by Gasteiger charge is 2.50. The lowest BCUT2D eigenvalue weighted by Gasteiger charge is -2.28.